The van der Waals surface area contributed by atoms with Gasteiger partial charge in [0.15, 0.2) is 0 Å². The van der Waals surface area contributed by atoms with E-state index in [1.54, 1.807) is 12.4 Å². The second-order valence-corrected chi connectivity index (χ2v) is 4.96. The van der Waals surface area contributed by atoms with Gasteiger partial charge < -0.3 is 11.1 Å². The molecule has 5 heteroatoms. The summed E-state index contributed by atoms with van der Waals surface area (Å²) in [7, 11) is 0. The van der Waals surface area contributed by atoms with Crippen LogP contribution < -0.4 is 11.1 Å². The Kier molecular flexibility index (Phi) is 3.21. The third-order valence-corrected chi connectivity index (χ3v) is 3.36. The first-order valence-corrected chi connectivity index (χ1v) is 5.99. The number of hydrogen-bond acceptors (Lipinski definition) is 4. The summed E-state index contributed by atoms with van der Waals surface area (Å²) in [5.41, 5.74) is 5.84. The fourth-order valence-electron chi connectivity index (χ4n) is 2.05. The highest BCUT2D eigenvalue weighted by atomic mass is 79.9. The number of rotatable bonds is 3. The van der Waals surface area contributed by atoms with Crippen LogP contribution in [-0.4, -0.2) is 22.1 Å². The molecular weight excluding hydrogens is 256 g/mol. The fraction of sp³-hybridized carbons (Fsp3) is 0.600. The minimum Gasteiger partial charge on any atom is -0.348 e. The van der Waals surface area contributed by atoms with Crippen LogP contribution in [0.1, 0.15) is 25.7 Å². The molecular formula is C10H15BrN4. The van der Waals surface area contributed by atoms with Crippen LogP contribution in [-0.2, 0) is 0 Å². The summed E-state index contributed by atoms with van der Waals surface area (Å²) in [5, 5.41) is 3.36. The molecule has 82 valence electrons. The predicted molar refractivity (Wildman–Crippen MR) is 63.6 cm³/mol. The van der Waals surface area contributed by atoms with E-state index in [9.17, 15) is 0 Å². The molecule has 3 N–H and O–H groups in total. The third kappa shape index (κ3) is 2.46. The maximum atomic E-state index is 5.82. The Balaban J connectivity index is 2.09. The van der Waals surface area contributed by atoms with Crippen LogP contribution in [0.25, 0.3) is 0 Å². The van der Waals surface area contributed by atoms with Crippen molar-refractivity contribution in [3.8, 4) is 0 Å². The lowest BCUT2D eigenvalue weighted by molar-refractivity contribution is 0.489. The lowest BCUT2D eigenvalue weighted by Gasteiger charge is -2.28. The Labute approximate surface area is 97.8 Å². The molecule has 0 atom stereocenters. The second kappa shape index (κ2) is 4.45. The molecule has 2 rings (SSSR count). The molecule has 1 aromatic rings. The van der Waals surface area contributed by atoms with Crippen molar-refractivity contribution in [2.75, 3.05) is 11.9 Å². The van der Waals surface area contributed by atoms with E-state index in [2.05, 4.69) is 31.2 Å². The number of nitrogens with zero attached hydrogens (tertiary/aromatic N) is 2. The SMILES string of the molecule is NCC1(Nc2ncc(Br)cn2)CCCC1. The Morgan fingerprint density at radius 2 is 1.93 bits per heavy atom. The Morgan fingerprint density at radius 3 is 2.47 bits per heavy atom. The topological polar surface area (TPSA) is 63.8 Å². The van der Waals surface area contributed by atoms with Crippen LogP contribution in [0.2, 0.25) is 0 Å². The van der Waals surface area contributed by atoms with Crippen molar-refractivity contribution in [1.29, 1.82) is 0 Å². The highest BCUT2D eigenvalue weighted by molar-refractivity contribution is 9.10. The van der Waals surface area contributed by atoms with E-state index in [1.165, 1.54) is 12.8 Å². The smallest absolute Gasteiger partial charge is 0.223 e. The van der Waals surface area contributed by atoms with E-state index in [0.717, 1.165) is 17.3 Å². The minimum atomic E-state index is 0.0217. The van der Waals surface area contributed by atoms with Crippen molar-refractivity contribution in [3.63, 3.8) is 0 Å². The largest absolute Gasteiger partial charge is 0.348 e. The van der Waals surface area contributed by atoms with Gasteiger partial charge >= 0.3 is 0 Å². The van der Waals surface area contributed by atoms with Crippen LogP contribution in [0.4, 0.5) is 5.95 Å². The zero-order valence-corrected chi connectivity index (χ0v) is 10.1. The van der Waals surface area contributed by atoms with Crippen LogP contribution in [0, 0.1) is 0 Å². The summed E-state index contributed by atoms with van der Waals surface area (Å²) in [6.07, 6.45) is 8.19. The Hall–Kier alpha value is -0.680. The average molecular weight is 271 g/mol. The molecule has 0 radical (unpaired) electrons. The molecule has 1 saturated carbocycles. The van der Waals surface area contributed by atoms with Gasteiger partial charge in [-0.3, -0.25) is 0 Å². The molecule has 4 nitrogen and oxygen atoms in total. The molecule has 0 unspecified atom stereocenters. The number of nitrogens with two attached hydrogens (primary N) is 1. The summed E-state index contributed by atoms with van der Waals surface area (Å²) in [6.45, 7) is 0.645. The van der Waals surface area contributed by atoms with Crippen LogP contribution in [0.3, 0.4) is 0 Å². The summed E-state index contributed by atoms with van der Waals surface area (Å²) in [6, 6.07) is 0. The van der Waals surface area contributed by atoms with Gasteiger partial charge in [-0.25, -0.2) is 9.97 Å². The number of anilines is 1. The number of nitrogens with one attached hydrogen (secondary N) is 1. The normalized spacial score (nSPS) is 19.1. The van der Waals surface area contributed by atoms with Gasteiger partial charge in [-0.05, 0) is 28.8 Å². The summed E-state index contributed by atoms with van der Waals surface area (Å²) >= 11 is 3.31. The van der Waals surface area contributed by atoms with Crippen molar-refractivity contribution < 1.29 is 0 Å². The Morgan fingerprint density at radius 1 is 1.33 bits per heavy atom. The van der Waals surface area contributed by atoms with Gasteiger partial charge in [-0.1, -0.05) is 12.8 Å². The molecule has 15 heavy (non-hydrogen) atoms. The lowest BCUT2D eigenvalue weighted by atomic mass is 9.98. The average Bonchev–Trinajstić information content (AvgIpc) is 2.71. The van der Waals surface area contributed by atoms with Crippen molar-refractivity contribution >= 4 is 21.9 Å². The van der Waals surface area contributed by atoms with Crippen LogP contribution in [0.15, 0.2) is 16.9 Å². The highest BCUT2D eigenvalue weighted by Gasteiger charge is 2.32. The van der Waals surface area contributed by atoms with E-state index in [-0.39, 0.29) is 5.54 Å². The van der Waals surface area contributed by atoms with Gasteiger partial charge in [0, 0.05) is 18.9 Å². The van der Waals surface area contributed by atoms with E-state index in [0.29, 0.717) is 12.5 Å². The van der Waals surface area contributed by atoms with Gasteiger partial charge in [0.1, 0.15) is 0 Å². The van der Waals surface area contributed by atoms with Gasteiger partial charge in [0.25, 0.3) is 0 Å². The summed E-state index contributed by atoms with van der Waals surface area (Å²) in [4.78, 5) is 8.42. The lowest BCUT2D eigenvalue weighted by Crippen LogP contribution is -2.43. The molecule has 1 aliphatic carbocycles. The van der Waals surface area contributed by atoms with Gasteiger partial charge in [0.2, 0.25) is 5.95 Å². The van der Waals surface area contributed by atoms with E-state index in [1.807, 2.05) is 0 Å². The van der Waals surface area contributed by atoms with Crippen molar-refractivity contribution in [3.05, 3.63) is 16.9 Å². The maximum Gasteiger partial charge on any atom is 0.223 e. The number of hydrogen-bond donors (Lipinski definition) is 2. The van der Waals surface area contributed by atoms with Crippen molar-refractivity contribution in [2.45, 2.75) is 31.2 Å². The first kappa shape index (κ1) is 10.8. The predicted octanol–water partition coefficient (Wildman–Crippen LogP) is 1.92. The van der Waals surface area contributed by atoms with Gasteiger partial charge in [-0.15, -0.1) is 0 Å². The molecule has 1 aromatic heterocycles. The van der Waals surface area contributed by atoms with Crippen LogP contribution >= 0.6 is 15.9 Å². The first-order chi connectivity index (χ1) is 7.24. The standard InChI is InChI=1S/C10H15BrN4/c11-8-5-13-9(14-6-8)15-10(7-12)3-1-2-4-10/h5-6H,1-4,7,12H2,(H,13,14,15). The van der Waals surface area contributed by atoms with E-state index < -0.39 is 0 Å². The number of aromatic nitrogens is 2. The first-order valence-electron chi connectivity index (χ1n) is 5.20. The molecule has 1 fully saturated rings. The van der Waals surface area contributed by atoms with Gasteiger partial charge in [-0.2, -0.15) is 0 Å². The van der Waals surface area contributed by atoms with E-state index >= 15 is 0 Å². The molecule has 1 aliphatic rings. The molecule has 1 heterocycles. The third-order valence-electron chi connectivity index (χ3n) is 2.95. The van der Waals surface area contributed by atoms with Crippen LogP contribution in [0.5, 0.6) is 0 Å². The van der Waals surface area contributed by atoms with Crippen molar-refractivity contribution in [1.82, 2.24) is 9.97 Å². The zero-order valence-electron chi connectivity index (χ0n) is 8.54. The molecule has 0 saturated heterocycles. The molecule has 0 bridgehead atoms. The minimum absolute atomic E-state index is 0.0217. The quantitative estimate of drug-likeness (QED) is 0.881. The Bertz CT molecular complexity index is 319. The van der Waals surface area contributed by atoms with Crippen molar-refractivity contribution in [2.24, 2.45) is 5.73 Å². The molecule has 0 aromatic carbocycles. The molecule has 0 amide bonds. The maximum absolute atomic E-state index is 5.82. The summed E-state index contributed by atoms with van der Waals surface area (Å²) in [5.74, 6) is 0.672. The molecule has 0 aliphatic heterocycles. The second-order valence-electron chi connectivity index (χ2n) is 4.04. The highest BCUT2D eigenvalue weighted by Crippen LogP contribution is 2.31. The van der Waals surface area contributed by atoms with E-state index in [4.69, 9.17) is 5.73 Å². The zero-order chi connectivity index (χ0) is 10.7. The number of halogens is 1. The van der Waals surface area contributed by atoms with Gasteiger partial charge in [0.05, 0.1) is 10.0 Å². The fourth-order valence-corrected chi connectivity index (χ4v) is 2.25. The molecule has 0 spiro atoms. The summed E-state index contributed by atoms with van der Waals surface area (Å²) < 4.78 is 0.890. The monoisotopic (exact) mass is 270 g/mol.